The molecule has 1 aromatic rings. The third-order valence-electron chi connectivity index (χ3n) is 6.58. The highest BCUT2D eigenvalue weighted by Gasteiger charge is 2.26. The van der Waals surface area contributed by atoms with Gasteiger partial charge in [-0.25, -0.2) is 4.79 Å². The van der Waals surface area contributed by atoms with E-state index in [1.165, 1.54) is 7.11 Å². The number of ether oxygens (including phenoxy) is 5. The Balaban J connectivity index is 3.11. The minimum absolute atomic E-state index is 0.0439. The van der Waals surface area contributed by atoms with Gasteiger partial charge in [-0.15, -0.1) is 0 Å². The van der Waals surface area contributed by atoms with Crippen LogP contribution in [0.1, 0.15) is 67.9 Å². The van der Waals surface area contributed by atoms with Crippen LogP contribution in [0.4, 0.5) is 4.79 Å². The lowest BCUT2D eigenvalue weighted by atomic mass is 9.98. The van der Waals surface area contributed by atoms with Crippen LogP contribution < -0.4 is 14.8 Å². The lowest BCUT2D eigenvalue weighted by molar-refractivity contribution is -0.143. The summed E-state index contributed by atoms with van der Waals surface area (Å²) in [6.07, 6.45) is -1.19. The van der Waals surface area contributed by atoms with Gasteiger partial charge in [-0.2, -0.15) is 0 Å². The third-order valence-corrected chi connectivity index (χ3v) is 6.58. The molecule has 0 fully saturated rings. The number of carbonyl (C=O) groups excluding carboxylic acids is 4. The average molecular weight is 566 g/mol. The fourth-order valence-corrected chi connectivity index (χ4v) is 3.19. The van der Waals surface area contributed by atoms with Crippen molar-refractivity contribution in [3.8, 4) is 11.5 Å². The van der Waals surface area contributed by atoms with E-state index >= 15 is 0 Å². The van der Waals surface area contributed by atoms with Gasteiger partial charge in [0.15, 0.2) is 11.5 Å². The Morgan fingerprint density at radius 1 is 0.775 bits per heavy atom. The highest BCUT2D eigenvalue weighted by atomic mass is 16.7. The maximum atomic E-state index is 12.8. The van der Waals surface area contributed by atoms with Gasteiger partial charge in [-0.1, -0.05) is 61.5 Å². The fourth-order valence-electron chi connectivity index (χ4n) is 3.19. The number of methoxy groups -OCH3 is 1. The van der Waals surface area contributed by atoms with Crippen LogP contribution in [0, 0.1) is 29.6 Å². The zero-order valence-corrected chi connectivity index (χ0v) is 25.6. The Kier molecular flexibility index (Phi) is 14.7. The second-order valence-corrected chi connectivity index (χ2v) is 11.3. The first-order valence-corrected chi connectivity index (χ1v) is 13.9. The van der Waals surface area contributed by atoms with Crippen molar-refractivity contribution in [1.82, 2.24) is 5.32 Å². The van der Waals surface area contributed by atoms with Crippen LogP contribution >= 0.6 is 0 Å². The summed E-state index contributed by atoms with van der Waals surface area (Å²) in [5, 5.41) is 3.06. The van der Waals surface area contributed by atoms with Crippen molar-refractivity contribution in [3.63, 3.8) is 0 Å². The number of hydrogen-bond donors (Lipinski definition) is 1. The first-order chi connectivity index (χ1) is 18.7. The zero-order chi connectivity index (χ0) is 30.6. The summed E-state index contributed by atoms with van der Waals surface area (Å²) in [5.74, 6) is -1.68. The van der Waals surface area contributed by atoms with Crippen LogP contribution in [0.25, 0.3) is 0 Å². The van der Waals surface area contributed by atoms with Crippen molar-refractivity contribution in [3.05, 3.63) is 23.8 Å². The van der Waals surface area contributed by atoms with Crippen molar-refractivity contribution >= 4 is 24.1 Å². The highest BCUT2D eigenvalue weighted by Crippen LogP contribution is 2.31. The molecule has 0 bridgehead atoms. The Bertz CT molecular complexity index is 989. The standard InChI is InChI=1S/C30H47NO9/c1-17(2)16-37-30(35)38-20(7)15-31-24(29(34)36-10)13-23-11-12-25(39-27(32)21(8)18(3)4)26(14-23)40-28(33)22(9)19(5)6/h11-12,14,17-22,24,31H,13,15-16H2,1-10H3/t20?,21?,22?,24-/m0/s1. The van der Waals surface area contributed by atoms with Crippen molar-refractivity contribution in [2.75, 3.05) is 20.3 Å². The largest absolute Gasteiger partial charge is 0.508 e. The van der Waals surface area contributed by atoms with Crippen molar-refractivity contribution in [2.24, 2.45) is 29.6 Å². The molecule has 0 spiro atoms. The van der Waals surface area contributed by atoms with E-state index in [9.17, 15) is 19.2 Å². The van der Waals surface area contributed by atoms with Crippen LogP contribution in [0.5, 0.6) is 11.5 Å². The molecule has 0 aromatic heterocycles. The molecule has 0 aliphatic carbocycles. The van der Waals surface area contributed by atoms with E-state index in [-0.39, 0.29) is 60.7 Å². The van der Waals surface area contributed by atoms with Crippen LogP contribution in [-0.2, 0) is 35.0 Å². The minimum atomic E-state index is -0.796. The molecule has 40 heavy (non-hydrogen) atoms. The van der Waals surface area contributed by atoms with Gasteiger partial charge in [-0.3, -0.25) is 14.4 Å². The molecule has 0 saturated heterocycles. The predicted octanol–water partition coefficient (Wildman–Crippen LogP) is 4.95. The molecular formula is C30H47NO9. The van der Waals surface area contributed by atoms with E-state index in [2.05, 4.69) is 5.32 Å². The summed E-state index contributed by atoms with van der Waals surface area (Å²) in [6, 6.07) is 4.02. The van der Waals surface area contributed by atoms with Crippen molar-refractivity contribution < 1.29 is 42.9 Å². The number of benzene rings is 1. The van der Waals surface area contributed by atoms with E-state index in [0.717, 1.165) is 0 Å². The van der Waals surface area contributed by atoms with Crippen molar-refractivity contribution in [2.45, 2.75) is 80.9 Å². The zero-order valence-electron chi connectivity index (χ0n) is 25.6. The molecule has 1 N–H and O–H groups in total. The first-order valence-electron chi connectivity index (χ1n) is 13.9. The second-order valence-electron chi connectivity index (χ2n) is 11.3. The Hall–Kier alpha value is -3.14. The number of nitrogens with one attached hydrogen (secondary N) is 1. The number of esters is 3. The Morgan fingerprint density at radius 2 is 1.32 bits per heavy atom. The van der Waals surface area contributed by atoms with Crippen LogP contribution in [-0.4, -0.2) is 56.5 Å². The minimum Gasteiger partial charge on any atom is -0.468 e. The molecule has 10 nitrogen and oxygen atoms in total. The summed E-state index contributed by atoms with van der Waals surface area (Å²) in [6.45, 7) is 17.1. The fraction of sp³-hybridized carbons (Fsp3) is 0.667. The number of rotatable bonds is 15. The van der Waals surface area contributed by atoms with E-state index in [1.807, 2.05) is 41.5 Å². The molecule has 0 aliphatic rings. The third kappa shape index (κ3) is 11.9. The van der Waals surface area contributed by atoms with E-state index < -0.39 is 36.2 Å². The van der Waals surface area contributed by atoms with Crippen LogP contribution in [0.15, 0.2) is 18.2 Å². The molecule has 1 rings (SSSR count). The SMILES string of the molecule is COC(=O)[C@H](Cc1ccc(OC(=O)C(C)C(C)C)c(OC(=O)C(C)C(C)C)c1)NCC(C)OC(=O)OCC(C)C. The first kappa shape index (κ1) is 34.9. The van der Waals surface area contributed by atoms with Crippen LogP contribution in [0.3, 0.4) is 0 Å². The molecule has 3 unspecified atom stereocenters. The molecule has 0 heterocycles. The normalized spacial score (nSPS) is 14.3. The predicted molar refractivity (Wildman–Crippen MR) is 150 cm³/mol. The molecule has 0 aliphatic heterocycles. The average Bonchev–Trinajstić information content (AvgIpc) is 2.89. The summed E-state index contributed by atoms with van der Waals surface area (Å²) < 4.78 is 26.5. The summed E-state index contributed by atoms with van der Waals surface area (Å²) in [4.78, 5) is 49.8. The van der Waals surface area contributed by atoms with Gasteiger partial charge in [0, 0.05) is 6.54 Å². The summed E-state index contributed by atoms with van der Waals surface area (Å²) in [5.41, 5.74) is 0.629. The van der Waals surface area contributed by atoms with Gasteiger partial charge >= 0.3 is 24.1 Å². The Morgan fingerprint density at radius 3 is 1.82 bits per heavy atom. The monoisotopic (exact) mass is 565 g/mol. The van der Waals surface area contributed by atoms with E-state index in [4.69, 9.17) is 23.7 Å². The van der Waals surface area contributed by atoms with Crippen LogP contribution in [0.2, 0.25) is 0 Å². The molecule has 0 saturated carbocycles. The van der Waals surface area contributed by atoms with Gasteiger partial charge in [0.2, 0.25) is 0 Å². The molecule has 4 atom stereocenters. The number of hydrogen-bond acceptors (Lipinski definition) is 10. The van der Waals surface area contributed by atoms with Gasteiger partial charge < -0.3 is 29.0 Å². The molecule has 1 aromatic carbocycles. The lowest BCUT2D eigenvalue weighted by Crippen LogP contribution is -2.43. The van der Waals surface area contributed by atoms with Gasteiger partial charge in [0.1, 0.15) is 12.1 Å². The van der Waals surface area contributed by atoms with E-state index in [1.54, 1.807) is 39.0 Å². The second kappa shape index (κ2) is 16.8. The van der Waals surface area contributed by atoms with Gasteiger partial charge in [-0.05, 0) is 48.8 Å². The van der Waals surface area contributed by atoms with Crippen molar-refractivity contribution in [1.29, 1.82) is 0 Å². The van der Waals surface area contributed by atoms with Gasteiger partial charge in [0.05, 0.1) is 25.6 Å². The summed E-state index contributed by atoms with van der Waals surface area (Å²) >= 11 is 0. The molecular weight excluding hydrogens is 518 g/mol. The Labute approximate surface area is 238 Å². The molecule has 0 radical (unpaired) electrons. The molecule has 10 heteroatoms. The smallest absolute Gasteiger partial charge is 0.468 e. The maximum Gasteiger partial charge on any atom is 0.508 e. The maximum absolute atomic E-state index is 12.8. The number of carbonyl (C=O) groups is 4. The van der Waals surface area contributed by atoms with E-state index in [0.29, 0.717) is 5.56 Å². The van der Waals surface area contributed by atoms with Gasteiger partial charge in [0.25, 0.3) is 0 Å². The lowest BCUT2D eigenvalue weighted by Gasteiger charge is -2.21. The summed E-state index contributed by atoms with van der Waals surface area (Å²) in [7, 11) is 1.28. The molecule has 0 amide bonds. The highest BCUT2D eigenvalue weighted by molar-refractivity contribution is 5.79. The molecule has 226 valence electrons. The quantitative estimate of drug-likeness (QED) is 0.230. The topological polar surface area (TPSA) is 126 Å².